The SMILES string of the molecule is CC/C=C\C/C=C\C/C=C\CCCCCCCC(=O)OCC(COC(=O)CCCCCCCCCCCCCCCCCCCCCCCCCC)OC(=O)CCCCCCCCCCC/C=C\CCCCCCCC. The summed E-state index contributed by atoms with van der Waals surface area (Å²) < 4.78 is 17.0. The molecule has 0 saturated heterocycles. The number of hydrogen-bond donors (Lipinski definition) is 0. The van der Waals surface area contributed by atoms with Crippen molar-refractivity contribution < 1.29 is 28.6 Å². The van der Waals surface area contributed by atoms with Gasteiger partial charge in [-0.3, -0.25) is 14.4 Å². The normalized spacial score (nSPS) is 12.3. The van der Waals surface area contributed by atoms with Crippen LogP contribution in [0.3, 0.4) is 0 Å². The van der Waals surface area contributed by atoms with Gasteiger partial charge in [-0.15, -0.1) is 0 Å². The molecule has 0 aliphatic rings. The number of rotatable bonds is 62. The minimum absolute atomic E-state index is 0.0756. The van der Waals surface area contributed by atoms with Gasteiger partial charge in [0.2, 0.25) is 0 Å². The first-order chi connectivity index (χ1) is 37.5. The zero-order chi connectivity index (χ0) is 55.0. The van der Waals surface area contributed by atoms with Crippen LogP contribution in [0.25, 0.3) is 0 Å². The summed E-state index contributed by atoms with van der Waals surface area (Å²) in [6, 6.07) is 0. The molecule has 6 nitrogen and oxygen atoms in total. The molecule has 444 valence electrons. The lowest BCUT2D eigenvalue weighted by Crippen LogP contribution is -2.30. The fourth-order valence-electron chi connectivity index (χ4n) is 10.0. The third-order valence-corrected chi connectivity index (χ3v) is 15.1. The van der Waals surface area contributed by atoms with Crippen molar-refractivity contribution in [3.63, 3.8) is 0 Å². The van der Waals surface area contributed by atoms with Crippen LogP contribution in [0.4, 0.5) is 0 Å². The zero-order valence-corrected chi connectivity index (χ0v) is 51.0. The highest BCUT2D eigenvalue weighted by atomic mass is 16.6. The first-order valence-corrected chi connectivity index (χ1v) is 33.6. The van der Waals surface area contributed by atoms with Crippen LogP contribution in [-0.2, 0) is 28.6 Å². The lowest BCUT2D eigenvalue weighted by Gasteiger charge is -2.18. The van der Waals surface area contributed by atoms with E-state index in [1.54, 1.807) is 0 Å². The van der Waals surface area contributed by atoms with Crippen molar-refractivity contribution in [2.75, 3.05) is 13.2 Å². The van der Waals surface area contributed by atoms with Gasteiger partial charge in [0, 0.05) is 19.3 Å². The fourth-order valence-corrected chi connectivity index (χ4v) is 10.0. The minimum atomic E-state index is -0.781. The fraction of sp³-hybridized carbons (Fsp3) is 0.843. The summed E-state index contributed by atoms with van der Waals surface area (Å²) in [5, 5.41) is 0. The van der Waals surface area contributed by atoms with Gasteiger partial charge in [-0.25, -0.2) is 0 Å². The van der Waals surface area contributed by atoms with Crippen molar-refractivity contribution >= 4 is 17.9 Å². The molecule has 0 N–H and O–H groups in total. The van der Waals surface area contributed by atoms with Gasteiger partial charge in [-0.1, -0.05) is 313 Å². The number of ether oxygens (including phenoxy) is 3. The standard InChI is InChI=1S/C70H128O6/c1-4-7-10-13-16-19-22-25-28-30-32-33-34-35-36-38-39-42-45-48-51-54-57-60-63-69(72)75-66-67(65-74-68(71)62-59-56-53-50-47-44-41-27-24-21-18-15-12-9-6-3)76-70(73)64-61-58-55-52-49-46-43-40-37-31-29-26-23-20-17-14-11-8-5-2/h9,12,18,21,26-27,29,41,67H,4-8,10-11,13-17,19-20,22-25,28,30-40,42-66H2,1-3H3/b12-9-,21-18-,29-26-,41-27-. The number of allylic oxidation sites excluding steroid dienone is 8. The number of hydrogen-bond acceptors (Lipinski definition) is 6. The van der Waals surface area contributed by atoms with E-state index in [4.69, 9.17) is 14.2 Å². The van der Waals surface area contributed by atoms with Gasteiger partial charge in [0.1, 0.15) is 13.2 Å². The van der Waals surface area contributed by atoms with Gasteiger partial charge >= 0.3 is 17.9 Å². The molecule has 0 saturated carbocycles. The maximum absolute atomic E-state index is 12.9. The molecular formula is C70H128O6. The highest BCUT2D eigenvalue weighted by molar-refractivity contribution is 5.71. The van der Waals surface area contributed by atoms with Crippen molar-refractivity contribution in [2.24, 2.45) is 0 Å². The number of esters is 3. The van der Waals surface area contributed by atoms with E-state index in [1.807, 2.05) is 0 Å². The average molecular weight is 1070 g/mol. The van der Waals surface area contributed by atoms with Gasteiger partial charge in [-0.05, 0) is 77.0 Å². The molecule has 6 heteroatoms. The maximum Gasteiger partial charge on any atom is 0.306 e. The number of unbranched alkanes of at least 4 members (excludes halogenated alkanes) is 43. The Balaban J connectivity index is 4.29. The Morgan fingerprint density at radius 2 is 0.513 bits per heavy atom. The molecule has 0 aromatic carbocycles. The highest BCUT2D eigenvalue weighted by Gasteiger charge is 2.19. The minimum Gasteiger partial charge on any atom is -0.462 e. The molecule has 1 atom stereocenters. The van der Waals surface area contributed by atoms with Gasteiger partial charge in [0.25, 0.3) is 0 Å². The number of carbonyl (C=O) groups excluding carboxylic acids is 3. The Bertz CT molecular complexity index is 1310. The van der Waals surface area contributed by atoms with Crippen molar-refractivity contribution in [1.82, 2.24) is 0 Å². The first kappa shape index (κ1) is 73.4. The average Bonchev–Trinajstić information content (AvgIpc) is 3.42. The van der Waals surface area contributed by atoms with Crippen LogP contribution in [0.15, 0.2) is 48.6 Å². The van der Waals surface area contributed by atoms with Crippen molar-refractivity contribution in [3.8, 4) is 0 Å². The van der Waals surface area contributed by atoms with Crippen molar-refractivity contribution in [2.45, 2.75) is 367 Å². The van der Waals surface area contributed by atoms with E-state index < -0.39 is 6.10 Å². The molecule has 76 heavy (non-hydrogen) atoms. The van der Waals surface area contributed by atoms with Crippen LogP contribution in [0.1, 0.15) is 361 Å². The third kappa shape index (κ3) is 62.2. The summed E-state index contributed by atoms with van der Waals surface area (Å²) in [5.41, 5.74) is 0. The lowest BCUT2D eigenvalue weighted by molar-refractivity contribution is -0.167. The molecule has 0 spiro atoms. The monoisotopic (exact) mass is 1060 g/mol. The molecule has 1 unspecified atom stereocenters. The molecule has 0 radical (unpaired) electrons. The predicted molar refractivity (Wildman–Crippen MR) is 330 cm³/mol. The molecule has 0 amide bonds. The summed E-state index contributed by atoms with van der Waals surface area (Å²) in [6.07, 6.45) is 81.3. The Hall–Kier alpha value is -2.63. The highest BCUT2D eigenvalue weighted by Crippen LogP contribution is 2.18. The topological polar surface area (TPSA) is 78.9 Å². The Morgan fingerprint density at radius 3 is 0.816 bits per heavy atom. The van der Waals surface area contributed by atoms with Crippen LogP contribution in [0.5, 0.6) is 0 Å². The van der Waals surface area contributed by atoms with Crippen LogP contribution in [0, 0.1) is 0 Å². The maximum atomic E-state index is 12.9. The summed E-state index contributed by atoms with van der Waals surface area (Å²) in [4.78, 5) is 38.4. The van der Waals surface area contributed by atoms with Gasteiger partial charge in [-0.2, -0.15) is 0 Å². The number of carbonyl (C=O) groups is 3. The Morgan fingerprint density at radius 1 is 0.276 bits per heavy atom. The molecule has 0 fully saturated rings. The predicted octanol–water partition coefficient (Wildman–Crippen LogP) is 22.9. The second-order valence-corrected chi connectivity index (χ2v) is 22.7. The van der Waals surface area contributed by atoms with E-state index in [2.05, 4.69) is 69.4 Å². The Kier molecular flexibility index (Phi) is 62.6. The molecule has 0 aliphatic heterocycles. The molecule has 0 aromatic rings. The van der Waals surface area contributed by atoms with Gasteiger partial charge < -0.3 is 14.2 Å². The Labute approximate surface area is 473 Å². The first-order valence-electron chi connectivity index (χ1n) is 33.6. The third-order valence-electron chi connectivity index (χ3n) is 15.1. The molecule has 0 aliphatic carbocycles. The molecule has 0 heterocycles. The zero-order valence-electron chi connectivity index (χ0n) is 51.0. The van der Waals surface area contributed by atoms with Gasteiger partial charge in [0.05, 0.1) is 0 Å². The van der Waals surface area contributed by atoms with Crippen molar-refractivity contribution in [3.05, 3.63) is 48.6 Å². The summed E-state index contributed by atoms with van der Waals surface area (Å²) in [7, 11) is 0. The van der Waals surface area contributed by atoms with Crippen molar-refractivity contribution in [1.29, 1.82) is 0 Å². The molecule has 0 rings (SSSR count). The van der Waals surface area contributed by atoms with E-state index in [1.165, 1.54) is 225 Å². The quantitative estimate of drug-likeness (QED) is 0.0261. The van der Waals surface area contributed by atoms with E-state index >= 15 is 0 Å². The van der Waals surface area contributed by atoms with E-state index in [9.17, 15) is 14.4 Å². The van der Waals surface area contributed by atoms with Crippen LogP contribution >= 0.6 is 0 Å². The second kappa shape index (κ2) is 64.9. The summed E-state index contributed by atoms with van der Waals surface area (Å²) in [6.45, 7) is 6.57. The molecular weight excluding hydrogens is 937 g/mol. The largest absolute Gasteiger partial charge is 0.462 e. The smallest absolute Gasteiger partial charge is 0.306 e. The molecule has 0 aromatic heterocycles. The van der Waals surface area contributed by atoms with Crippen LogP contribution < -0.4 is 0 Å². The van der Waals surface area contributed by atoms with Crippen LogP contribution in [0.2, 0.25) is 0 Å². The summed E-state index contributed by atoms with van der Waals surface area (Å²) in [5.74, 6) is -0.872. The van der Waals surface area contributed by atoms with E-state index in [0.29, 0.717) is 19.3 Å². The summed E-state index contributed by atoms with van der Waals surface area (Å²) >= 11 is 0. The second-order valence-electron chi connectivity index (χ2n) is 22.7. The lowest BCUT2D eigenvalue weighted by atomic mass is 10.0. The van der Waals surface area contributed by atoms with Gasteiger partial charge in [0.15, 0.2) is 6.10 Å². The van der Waals surface area contributed by atoms with E-state index in [0.717, 1.165) is 96.3 Å². The molecule has 0 bridgehead atoms. The van der Waals surface area contributed by atoms with Crippen LogP contribution in [-0.4, -0.2) is 37.2 Å². The van der Waals surface area contributed by atoms with E-state index in [-0.39, 0.29) is 31.1 Å².